The number of ether oxygens (including phenoxy) is 2. The molecule has 1 aromatic carbocycles. The lowest BCUT2D eigenvalue weighted by atomic mass is 10.00. The number of unbranched alkanes of at least 4 members (excludes halogenated alkanes) is 1. The molecular weight excluding hydrogens is 369 g/mol. The molecule has 2 aromatic rings. The zero-order valence-electron chi connectivity index (χ0n) is 13.6. The van der Waals surface area contributed by atoms with Gasteiger partial charge in [-0.25, -0.2) is 9.59 Å². The van der Waals surface area contributed by atoms with Crippen molar-refractivity contribution < 1.29 is 32.2 Å². The number of carbonyl (C=O) groups is 2. The Kier molecular flexibility index (Phi) is 5.31. The number of hydrogen-bond donors (Lipinski definition) is 0. The number of alkyl halides is 3. The number of hydrogen-bond acceptors (Lipinski definition) is 5. The minimum atomic E-state index is -4.97. The van der Waals surface area contributed by atoms with E-state index in [9.17, 15) is 22.8 Å². The predicted octanol–water partition coefficient (Wildman–Crippen LogP) is 4.30. The van der Waals surface area contributed by atoms with Crippen LogP contribution in [0.5, 0.6) is 5.75 Å². The van der Waals surface area contributed by atoms with Crippen LogP contribution in [0.4, 0.5) is 13.2 Å². The number of esters is 2. The summed E-state index contributed by atoms with van der Waals surface area (Å²) in [6.07, 6.45) is -3.08. The van der Waals surface area contributed by atoms with Gasteiger partial charge in [-0.05, 0) is 47.4 Å². The molecule has 2 heterocycles. The highest BCUT2D eigenvalue weighted by Gasteiger charge is 2.40. The summed E-state index contributed by atoms with van der Waals surface area (Å²) >= 11 is 1.34. The second-order valence-corrected chi connectivity index (χ2v) is 6.75. The second kappa shape index (κ2) is 7.49. The van der Waals surface area contributed by atoms with Gasteiger partial charge in [-0.15, -0.1) is 11.3 Å². The first-order valence-electron chi connectivity index (χ1n) is 7.99. The van der Waals surface area contributed by atoms with Crippen molar-refractivity contribution in [3.63, 3.8) is 0 Å². The Balaban J connectivity index is 1.60. The number of carbonyl (C=O) groups excluding carboxylic acids is 2. The zero-order valence-corrected chi connectivity index (χ0v) is 14.4. The minimum absolute atomic E-state index is 0.284. The third-order valence-electron chi connectivity index (χ3n) is 3.99. The summed E-state index contributed by atoms with van der Waals surface area (Å²) in [4.78, 5) is 23.5. The molecule has 0 spiro atoms. The number of para-hydroxylation sites is 1. The predicted molar refractivity (Wildman–Crippen MR) is 88.5 cm³/mol. The van der Waals surface area contributed by atoms with Crippen molar-refractivity contribution in [1.29, 1.82) is 0 Å². The van der Waals surface area contributed by atoms with E-state index in [1.54, 1.807) is 0 Å². The highest BCUT2D eigenvalue weighted by atomic mass is 32.1. The summed E-state index contributed by atoms with van der Waals surface area (Å²) < 4.78 is 45.9. The lowest BCUT2D eigenvalue weighted by molar-refractivity contribution is -0.199. The summed E-state index contributed by atoms with van der Waals surface area (Å²) in [5.41, 5.74) is 2.64. The molecule has 1 aliphatic heterocycles. The van der Waals surface area contributed by atoms with Gasteiger partial charge < -0.3 is 9.47 Å². The number of halogens is 3. The molecule has 1 aliphatic rings. The monoisotopic (exact) mass is 384 g/mol. The van der Waals surface area contributed by atoms with Crippen LogP contribution in [-0.2, 0) is 22.4 Å². The first kappa shape index (κ1) is 18.4. The molecular formula is C18H15F3O4S. The molecule has 0 N–H and O–H groups in total. The SMILES string of the molecule is O=C1Oc2c(CCCCOC(=O)C(F)(F)F)cccc2Cc2ccsc21. The summed E-state index contributed by atoms with van der Waals surface area (Å²) in [6, 6.07) is 7.48. The van der Waals surface area contributed by atoms with Crippen molar-refractivity contribution in [2.75, 3.05) is 6.61 Å². The molecule has 0 fully saturated rings. The Hall–Kier alpha value is -2.35. The van der Waals surface area contributed by atoms with E-state index in [1.807, 2.05) is 29.6 Å². The van der Waals surface area contributed by atoms with Gasteiger partial charge in [-0.3, -0.25) is 0 Å². The van der Waals surface area contributed by atoms with E-state index in [2.05, 4.69) is 4.74 Å². The topological polar surface area (TPSA) is 52.6 Å². The molecule has 0 amide bonds. The van der Waals surface area contributed by atoms with Crippen LogP contribution in [0.2, 0.25) is 0 Å². The third-order valence-corrected chi connectivity index (χ3v) is 4.93. The first-order valence-corrected chi connectivity index (χ1v) is 8.87. The van der Waals surface area contributed by atoms with Crippen LogP contribution in [0.1, 0.15) is 39.2 Å². The van der Waals surface area contributed by atoms with Gasteiger partial charge in [0, 0.05) is 6.42 Å². The first-order chi connectivity index (χ1) is 12.4. The molecule has 3 rings (SSSR count). The van der Waals surface area contributed by atoms with E-state index in [0.29, 0.717) is 29.9 Å². The van der Waals surface area contributed by atoms with Crippen molar-refractivity contribution in [3.05, 3.63) is 51.2 Å². The van der Waals surface area contributed by atoms with E-state index in [0.717, 1.165) is 16.7 Å². The van der Waals surface area contributed by atoms with Crippen molar-refractivity contribution in [2.24, 2.45) is 0 Å². The van der Waals surface area contributed by atoms with Crippen LogP contribution >= 0.6 is 11.3 Å². The number of aryl methyl sites for hydroxylation is 1. The Bertz CT molecular complexity index is 826. The van der Waals surface area contributed by atoms with E-state index in [4.69, 9.17) is 4.74 Å². The Labute approximate surface area is 151 Å². The number of benzene rings is 1. The lowest BCUT2D eigenvalue weighted by Crippen LogP contribution is -2.25. The van der Waals surface area contributed by atoms with Crippen LogP contribution in [0, 0.1) is 0 Å². The minimum Gasteiger partial charge on any atom is -0.459 e. The molecule has 0 saturated carbocycles. The van der Waals surface area contributed by atoms with Gasteiger partial charge in [0.2, 0.25) is 0 Å². The number of fused-ring (bicyclic) bond motifs is 2. The van der Waals surface area contributed by atoms with Crippen LogP contribution in [0.3, 0.4) is 0 Å². The van der Waals surface area contributed by atoms with Crippen LogP contribution in [0.25, 0.3) is 0 Å². The quantitative estimate of drug-likeness (QED) is 0.438. The lowest BCUT2D eigenvalue weighted by Gasteiger charge is -2.12. The highest BCUT2D eigenvalue weighted by molar-refractivity contribution is 7.12. The fraction of sp³-hybridized carbons (Fsp3) is 0.333. The second-order valence-electron chi connectivity index (χ2n) is 5.84. The maximum Gasteiger partial charge on any atom is 0.490 e. The van der Waals surface area contributed by atoms with E-state index in [-0.39, 0.29) is 19.0 Å². The maximum atomic E-state index is 12.3. The molecule has 26 heavy (non-hydrogen) atoms. The Morgan fingerprint density at radius 3 is 2.77 bits per heavy atom. The molecule has 138 valence electrons. The molecule has 8 heteroatoms. The van der Waals surface area contributed by atoms with Gasteiger partial charge in [0.25, 0.3) is 0 Å². The van der Waals surface area contributed by atoms with E-state index in [1.165, 1.54) is 11.3 Å². The van der Waals surface area contributed by atoms with E-state index < -0.39 is 12.1 Å². The van der Waals surface area contributed by atoms with Crippen molar-refractivity contribution in [3.8, 4) is 5.75 Å². The smallest absolute Gasteiger partial charge is 0.459 e. The van der Waals surface area contributed by atoms with E-state index >= 15 is 0 Å². The molecule has 4 nitrogen and oxygen atoms in total. The summed E-state index contributed by atoms with van der Waals surface area (Å²) in [7, 11) is 0. The molecule has 1 aromatic heterocycles. The van der Waals surface area contributed by atoms with Gasteiger partial charge in [0.05, 0.1) is 6.61 Å². The van der Waals surface area contributed by atoms with Gasteiger partial charge in [0.15, 0.2) is 0 Å². The Morgan fingerprint density at radius 1 is 1.19 bits per heavy atom. The number of rotatable bonds is 5. The molecule has 0 atom stereocenters. The standard InChI is InChI=1S/C18H15F3O4S/c19-18(20,21)17(23)24-8-2-1-4-11-5-3-6-12-10-13-7-9-26-15(13)16(22)25-14(11)12/h3,5-7,9H,1-2,4,8,10H2. The van der Waals surface area contributed by atoms with Crippen LogP contribution < -0.4 is 4.74 Å². The largest absolute Gasteiger partial charge is 0.490 e. The summed E-state index contributed by atoms with van der Waals surface area (Å²) in [5.74, 6) is -2.04. The third kappa shape index (κ3) is 4.07. The molecule has 0 bridgehead atoms. The Morgan fingerprint density at radius 2 is 2.00 bits per heavy atom. The normalized spacial score (nSPS) is 13.4. The fourth-order valence-corrected chi connectivity index (χ4v) is 3.57. The molecule has 0 aliphatic carbocycles. The van der Waals surface area contributed by atoms with Crippen molar-refractivity contribution in [1.82, 2.24) is 0 Å². The fourth-order valence-electron chi connectivity index (χ4n) is 2.77. The molecule has 0 unspecified atom stereocenters. The number of thiophene rings is 1. The van der Waals surface area contributed by atoms with Gasteiger partial charge in [-0.1, -0.05) is 18.2 Å². The summed E-state index contributed by atoms with van der Waals surface area (Å²) in [6.45, 7) is -0.301. The van der Waals surface area contributed by atoms with Gasteiger partial charge >= 0.3 is 18.1 Å². The van der Waals surface area contributed by atoms with Crippen molar-refractivity contribution in [2.45, 2.75) is 31.9 Å². The van der Waals surface area contributed by atoms with Crippen LogP contribution in [0.15, 0.2) is 29.6 Å². The average Bonchev–Trinajstić information content (AvgIpc) is 2.99. The van der Waals surface area contributed by atoms with Gasteiger partial charge in [0.1, 0.15) is 10.6 Å². The molecule has 0 saturated heterocycles. The molecule has 0 radical (unpaired) electrons. The van der Waals surface area contributed by atoms with Gasteiger partial charge in [-0.2, -0.15) is 13.2 Å². The highest BCUT2D eigenvalue weighted by Crippen LogP contribution is 2.34. The van der Waals surface area contributed by atoms with Crippen molar-refractivity contribution >= 4 is 23.3 Å². The summed E-state index contributed by atoms with van der Waals surface area (Å²) in [5, 5.41) is 1.85. The maximum absolute atomic E-state index is 12.3. The average molecular weight is 384 g/mol. The van der Waals surface area contributed by atoms with Crippen LogP contribution in [-0.4, -0.2) is 24.7 Å². The zero-order chi connectivity index (χ0) is 18.7.